The largest absolute Gasteiger partial charge is 0.478 e. The molecule has 1 rings (SSSR count). The van der Waals surface area contributed by atoms with Crippen molar-refractivity contribution in [2.24, 2.45) is 0 Å². The summed E-state index contributed by atoms with van der Waals surface area (Å²) in [7, 11) is 0. The van der Waals surface area contributed by atoms with Gasteiger partial charge in [-0.1, -0.05) is 24.3 Å². The van der Waals surface area contributed by atoms with Crippen molar-refractivity contribution in [1.29, 1.82) is 0 Å². The van der Waals surface area contributed by atoms with Crippen molar-refractivity contribution < 1.29 is 24.9 Å². The summed E-state index contributed by atoms with van der Waals surface area (Å²) >= 11 is 0. The Morgan fingerprint density at radius 1 is 1.17 bits per heavy atom. The first-order chi connectivity index (χ1) is 8.49. The van der Waals surface area contributed by atoms with E-state index in [1.54, 1.807) is 30.3 Å². The molecule has 0 aromatic heterocycles. The molecule has 0 heterocycles. The van der Waals surface area contributed by atoms with Crippen molar-refractivity contribution >= 4 is 11.9 Å². The Balaban J connectivity index is 0.000000321. The molecule has 0 saturated heterocycles. The summed E-state index contributed by atoms with van der Waals surface area (Å²) < 4.78 is 0. The third kappa shape index (κ3) is 7.19. The second kappa shape index (κ2) is 8.95. The van der Waals surface area contributed by atoms with Crippen LogP contribution in [0.1, 0.15) is 23.7 Å². The summed E-state index contributed by atoms with van der Waals surface area (Å²) in [5.41, 5.74) is 0.613. The Morgan fingerprint density at radius 3 is 2.06 bits per heavy atom. The normalized spacial score (nSPS) is 10.2. The fourth-order valence-corrected chi connectivity index (χ4v) is 0.949. The Labute approximate surface area is 105 Å². The number of aliphatic hydroxyl groups excluding tert-OH is 1. The van der Waals surface area contributed by atoms with Crippen LogP contribution in [-0.2, 0) is 4.79 Å². The molecule has 0 unspecified atom stereocenters. The average Bonchev–Trinajstić information content (AvgIpc) is 2.37. The standard InChI is InChI=1S/C7H6O2.C6H10O3/c8-7(9)6-4-2-1-3-5-6;1-5(6(8)9)3-2-4-7/h1-5H,(H,8,9);3,7H,2,4H2,1H3,(H,8,9). The van der Waals surface area contributed by atoms with Crippen LogP contribution in [0.2, 0.25) is 0 Å². The van der Waals surface area contributed by atoms with Crippen LogP contribution in [0.15, 0.2) is 42.0 Å². The minimum Gasteiger partial charge on any atom is -0.478 e. The van der Waals surface area contributed by atoms with Crippen molar-refractivity contribution in [3.05, 3.63) is 47.5 Å². The van der Waals surface area contributed by atoms with Gasteiger partial charge in [0.05, 0.1) is 5.56 Å². The van der Waals surface area contributed by atoms with Crippen LogP contribution >= 0.6 is 0 Å². The maximum absolute atomic E-state index is 10.2. The van der Waals surface area contributed by atoms with E-state index in [9.17, 15) is 9.59 Å². The van der Waals surface area contributed by atoms with Gasteiger partial charge in [-0.05, 0) is 25.5 Å². The molecule has 0 aliphatic heterocycles. The molecule has 0 aliphatic rings. The Bertz CT molecular complexity index is 409. The molecule has 1 aromatic carbocycles. The first-order valence-corrected chi connectivity index (χ1v) is 5.28. The van der Waals surface area contributed by atoms with E-state index < -0.39 is 11.9 Å². The molecular formula is C13H16O5. The van der Waals surface area contributed by atoms with E-state index in [0.29, 0.717) is 12.0 Å². The highest BCUT2D eigenvalue weighted by molar-refractivity contribution is 5.87. The van der Waals surface area contributed by atoms with Crippen molar-refractivity contribution in [3.63, 3.8) is 0 Å². The maximum atomic E-state index is 10.2. The highest BCUT2D eigenvalue weighted by Gasteiger charge is 1.97. The van der Waals surface area contributed by atoms with Gasteiger partial charge in [0.15, 0.2) is 0 Å². The van der Waals surface area contributed by atoms with Crippen LogP contribution in [0, 0.1) is 0 Å². The molecule has 0 saturated carbocycles. The van der Waals surface area contributed by atoms with Crippen LogP contribution < -0.4 is 0 Å². The van der Waals surface area contributed by atoms with Crippen molar-refractivity contribution in [1.82, 2.24) is 0 Å². The maximum Gasteiger partial charge on any atom is 0.335 e. The van der Waals surface area contributed by atoms with Crippen LogP contribution in [0.4, 0.5) is 0 Å². The number of hydrogen-bond acceptors (Lipinski definition) is 3. The molecule has 0 aliphatic carbocycles. The highest BCUT2D eigenvalue weighted by Crippen LogP contribution is 1.96. The molecule has 3 N–H and O–H groups in total. The van der Waals surface area contributed by atoms with Gasteiger partial charge in [0.25, 0.3) is 0 Å². The smallest absolute Gasteiger partial charge is 0.335 e. The zero-order valence-corrected chi connectivity index (χ0v) is 10.0. The first kappa shape index (κ1) is 15.9. The molecule has 0 atom stereocenters. The molecular weight excluding hydrogens is 236 g/mol. The Morgan fingerprint density at radius 2 is 1.72 bits per heavy atom. The predicted molar refractivity (Wildman–Crippen MR) is 66.5 cm³/mol. The molecule has 5 nitrogen and oxygen atoms in total. The lowest BCUT2D eigenvalue weighted by Crippen LogP contribution is -1.95. The van der Waals surface area contributed by atoms with E-state index in [-0.39, 0.29) is 12.2 Å². The van der Waals surface area contributed by atoms with Gasteiger partial charge < -0.3 is 15.3 Å². The summed E-state index contributed by atoms with van der Waals surface area (Å²) in [5, 5.41) is 24.9. The van der Waals surface area contributed by atoms with Gasteiger partial charge in [0.2, 0.25) is 0 Å². The Hall–Kier alpha value is -2.14. The first-order valence-electron chi connectivity index (χ1n) is 5.28. The fourth-order valence-electron chi connectivity index (χ4n) is 0.949. The molecule has 0 amide bonds. The summed E-state index contributed by atoms with van der Waals surface area (Å²) in [5.74, 6) is -1.81. The number of rotatable bonds is 4. The van der Waals surface area contributed by atoms with E-state index >= 15 is 0 Å². The van der Waals surface area contributed by atoms with Gasteiger partial charge in [-0.2, -0.15) is 0 Å². The molecule has 0 radical (unpaired) electrons. The molecule has 18 heavy (non-hydrogen) atoms. The number of carboxylic acids is 2. The molecule has 1 aromatic rings. The average molecular weight is 252 g/mol. The highest BCUT2D eigenvalue weighted by atomic mass is 16.4. The van der Waals surface area contributed by atoms with Gasteiger partial charge in [0, 0.05) is 12.2 Å². The molecule has 0 fully saturated rings. The minimum atomic E-state index is -0.927. The van der Waals surface area contributed by atoms with E-state index in [1.165, 1.54) is 13.0 Å². The minimum absolute atomic E-state index is 0.00458. The lowest BCUT2D eigenvalue weighted by Gasteiger charge is -1.89. The zero-order chi connectivity index (χ0) is 14.0. The van der Waals surface area contributed by atoms with E-state index in [1.807, 2.05) is 0 Å². The predicted octanol–water partition coefficient (Wildman–Crippen LogP) is 1.78. The van der Waals surface area contributed by atoms with Gasteiger partial charge in [-0.25, -0.2) is 9.59 Å². The second-order valence-corrected chi connectivity index (χ2v) is 3.38. The monoisotopic (exact) mass is 252 g/mol. The van der Waals surface area contributed by atoms with Gasteiger partial charge >= 0.3 is 11.9 Å². The van der Waals surface area contributed by atoms with E-state index in [0.717, 1.165) is 0 Å². The zero-order valence-electron chi connectivity index (χ0n) is 10.0. The van der Waals surface area contributed by atoms with Crippen molar-refractivity contribution in [3.8, 4) is 0 Å². The van der Waals surface area contributed by atoms with Gasteiger partial charge in [0.1, 0.15) is 0 Å². The number of benzene rings is 1. The van der Waals surface area contributed by atoms with Crippen LogP contribution in [0.5, 0.6) is 0 Å². The lowest BCUT2D eigenvalue weighted by atomic mass is 10.2. The van der Waals surface area contributed by atoms with E-state index in [2.05, 4.69) is 0 Å². The molecule has 0 bridgehead atoms. The quantitative estimate of drug-likeness (QED) is 0.710. The SMILES string of the molecule is CC(=CCCO)C(=O)O.O=C(O)c1ccccc1. The summed E-state index contributed by atoms with van der Waals surface area (Å²) in [4.78, 5) is 20.3. The third-order valence-corrected chi connectivity index (χ3v) is 1.94. The number of carbonyl (C=O) groups is 2. The van der Waals surface area contributed by atoms with Crippen LogP contribution in [-0.4, -0.2) is 33.9 Å². The van der Waals surface area contributed by atoms with Gasteiger partial charge in [-0.3, -0.25) is 0 Å². The fraction of sp³-hybridized carbons (Fsp3) is 0.231. The number of carboxylic acid groups (broad SMARTS) is 2. The molecule has 98 valence electrons. The van der Waals surface area contributed by atoms with Gasteiger partial charge in [-0.15, -0.1) is 0 Å². The number of aromatic carboxylic acids is 1. The number of hydrogen-bond donors (Lipinski definition) is 3. The number of aliphatic carboxylic acids is 1. The van der Waals surface area contributed by atoms with E-state index in [4.69, 9.17) is 15.3 Å². The lowest BCUT2D eigenvalue weighted by molar-refractivity contribution is -0.132. The van der Waals surface area contributed by atoms with Crippen molar-refractivity contribution in [2.75, 3.05) is 6.61 Å². The third-order valence-electron chi connectivity index (χ3n) is 1.94. The molecule has 0 spiro atoms. The van der Waals surface area contributed by atoms with Crippen LogP contribution in [0.3, 0.4) is 0 Å². The summed E-state index contributed by atoms with van der Waals surface area (Å²) in [6, 6.07) is 8.30. The number of aliphatic hydroxyl groups is 1. The summed E-state index contributed by atoms with van der Waals surface area (Å²) in [6.45, 7) is 1.50. The van der Waals surface area contributed by atoms with Crippen LogP contribution in [0.25, 0.3) is 0 Å². The van der Waals surface area contributed by atoms with Crippen molar-refractivity contribution in [2.45, 2.75) is 13.3 Å². The second-order valence-electron chi connectivity index (χ2n) is 3.38. The Kier molecular flexibility index (Phi) is 7.89. The summed E-state index contributed by atoms with van der Waals surface area (Å²) in [6.07, 6.45) is 1.90. The topological polar surface area (TPSA) is 94.8 Å². The molecule has 5 heteroatoms.